The molecule has 0 saturated heterocycles. The Bertz CT molecular complexity index is 1680. The lowest BCUT2D eigenvalue weighted by Crippen LogP contribution is -2.32. The number of carbonyl (C=O) groups excluding carboxylic acids is 1. The van der Waals surface area contributed by atoms with E-state index < -0.39 is 5.91 Å². The zero-order chi connectivity index (χ0) is 26.6. The quantitative estimate of drug-likeness (QED) is 0.162. The van der Waals surface area contributed by atoms with Gasteiger partial charge in [0.25, 0.3) is 0 Å². The van der Waals surface area contributed by atoms with Crippen molar-refractivity contribution in [3.63, 3.8) is 0 Å². The number of oxazole rings is 1. The maximum absolute atomic E-state index is 12.3. The third-order valence-corrected chi connectivity index (χ3v) is 6.19. The Morgan fingerprint density at radius 3 is 2.53 bits per heavy atom. The highest BCUT2D eigenvalue weighted by Crippen LogP contribution is 2.32. The summed E-state index contributed by atoms with van der Waals surface area (Å²) in [7, 11) is 1.55. The number of carbonyl (C=O) groups is 1. The number of amides is 1. The van der Waals surface area contributed by atoms with Crippen LogP contribution in [0.2, 0.25) is 10.0 Å². The molecule has 2 N–H and O–H groups in total. The molecule has 2 heterocycles. The fourth-order valence-corrected chi connectivity index (χ4v) is 4.22. The molecule has 0 aliphatic carbocycles. The van der Waals surface area contributed by atoms with E-state index in [9.17, 15) is 4.79 Å². The molecule has 0 unspecified atom stereocenters. The summed E-state index contributed by atoms with van der Waals surface area (Å²) in [6, 6.07) is 21.5. The van der Waals surface area contributed by atoms with Gasteiger partial charge >= 0.3 is 0 Å². The van der Waals surface area contributed by atoms with Crippen LogP contribution in [0.5, 0.6) is 5.75 Å². The van der Waals surface area contributed by atoms with Crippen molar-refractivity contribution < 1.29 is 18.4 Å². The van der Waals surface area contributed by atoms with Crippen molar-refractivity contribution in [2.45, 2.75) is 0 Å². The third kappa shape index (κ3) is 5.89. The summed E-state index contributed by atoms with van der Waals surface area (Å²) >= 11 is 17.4. The van der Waals surface area contributed by atoms with E-state index in [1.54, 1.807) is 61.7 Å². The summed E-state index contributed by atoms with van der Waals surface area (Å²) in [5.41, 5.74) is 3.44. The van der Waals surface area contributed by atoms with Crippen LogP contribution in [0.4, 0.5) is 5.69 Å². The lowest BCUT2D eigenvalue weighted by Gasteiger charge is -2.07. The summed E-state index contributed by atoms with van der Waals surface area (Å²) < 4.78 is 16.8. The minimum Gasteiger partial charge on any atom is -0.495 e. The topological polar surface area (TPSA) is 89.5 Å². The monoisotopic (exact) mass is 563 g/mol. The first-order valence-electron chi connectivity index (χ1n) is 11.3. The number of fused-ring (bicyclic) bond motifs is 1. The third-order valence-electron chi connectivity index (χ3n) is 5.44. The molecule has 3 aromatic carbocycles. The molecule has 2 aromatic heterocycles. The molecule has 0 fully saturated rings. The number of ether oxygens (including phenoxy) is 1. The number of nitrogens with one attached hydrogen (secondary N) is 2. The van der Waals surface area contributed by atoms with E-state index in [1.165, 1.54) is 6.08 Å². The van der Waals surface area contributed by atoms with E-state index in [0.717, 1.165) is 5.56 Å². The van der Waals surface area contributed by atoms with Crippen molar-refractivity contribution in [1.29, 1.82) is 0 Å². The van der Waals surface area contributed by atoms with Crippen LogP contribution in [-0.2, 0) is 4.79 Å². The number of methoxy groups -OCH3 is 1. The van der Waals surface area contributed by atoms with Crippen LogP contribution in [-0.4, -0.2) is 23.1 Å². The number of hydrogen-bond acceptors (Lipinski definition) is 6. The number of hydrogen-bond donors (Lipinski definition) is 2. The summed E-state index contributed by atoms with van der Waals surface area (Å²) in [5.74, 6) is 1.76. The molecule has 7 nitrogen and oxygen atoms in total. The average molecular weight is 564 g/mol. The average Bonchev–Trinajstić information content (AvgIpc) is 3.55. The highest BCUT2D eigenvalue weighted by molar-refractivity contribution is 7.80. The van der Waals surface area contributed by atoms with Gasteiger partial charge in [-0.2, -0.15) is 0 Å². The van der Waals surface area contributed by atoms with E-state index in [4.69, 9.17) is 49.0 Å². The van der Waals surface area contributed by atoms with Gasteiger partial charge in [-0.05, 0) is 91.1 Å². The van der Waals surface area contributed by atoms with Gasteiger partial charge < -0.3 is 18.9 Å². The Balaban J connectivity index is 1.20. The van der Waals surface area contributed by atoms with Crippen LogP contribution in [0.3, 0.4) is 0 Å². The van der Waals surface area contributed by atoms with Crippen molar-refractivity contribution in [1.82, 2.24) is 10.3 Å². The van der Waals surface area contributed by atoms with Gasteiger partial charge in [-0.3, -0.25) is 10.1 Å². The highest BCUT2D eigenvalue weighted by atomic mass is 35.5. The number of benzene rings is 3. The Morgan fingerprint density at radius 2 is 1.76 bits per heavy atom. The zero-order valence-electron chi connectivity index (χ0n) is 19.8. The zero-order valence-corrected chi connectivity index (χ0v) is 22.2. The fourth-order valence-electron chi connectivity index (χ4n) is 3.61. The normalized spacial score (nSPS) is 11.1. The first-order chi connectivity index (χ1) is 18.4. The number of rotatable bonds is 6. The van der Waals surface area contributed by atoms with E-state index in [1.807, 2.05) is 24.3 Å². The van der Waals surface area contributed by atoms with Gasteiger partial charge in [0.15, 0.2) is 10.7 Å². The SMILES string of the molecule is COc1ccc(-c2nc3cc(NC(=S)NC(=O)/C=C/c4ccc(-c5ccc(Cl)cc5)o4)ccc3o2)cc1Cl. The molecule has 0 radical (unpaired) electrons. The lowest BCUT2D eigenvalue weighted by atomic mass is 10.2. The maximum Gasteiger partial charge on any atom is 0.250 e. The molecule has 38 heavy (non-hydrogen) atoms. The Hall–Kier alpha value is -4.11. The molecular weight excluding hydrogens is 545 g/mol. The van der Waals surface area contributed by atoms with E-state index >= 15 is 0 Å². The first-order valence-corrected chi connectivity index (χ1v) is 12.4. The minimum atomic E-state index is -0.409. The number of halogens is 2. The van der Waals surface area contributed by atoms with Crippen LogP contribution in [0.1, 0.15) is 5.76 Å². The van der Waals surface area contributed by atoms with E-state index in [-0.39, 0.29) is 5.11 Å². The Morgan fingerprint density at radius 1 is 0.974 bits per heavy atom. The van der Waals surface area contributed by atoms with Crippen LogP contribution >= 0.6 is 35.4 Å². The molecule has 0 saturated carbocycles. The number of thiocarbonyl (C=S) groups is 1. The van der Waals surface area contributed by atoms with Crippen molar-refractivity contribution >= 4 is 69.3 Å². The fraction of sp³-hybridized carbons (Fsp3) is 0.0357. The van der Waals surface area contributed by atoms with Gasteiger partial charge in [0.05, 0.1) is 12.1 Å². The standard InChI is InChI=1S/C28H19Cl2N3O4S/c1-35-24-10-4-17(14-21(24)30)27-32-22-15-19(7-11-25(22)37-27)31-28(38)33-26(34)13-9-20-8-12-23(36-20)16-2-5-18(29)6-3-16/h2-15H,1H3,(H2,31,33,34,38)/b13-9+. The van der Waals surface area contributed by atoms with Gasteiger partial charge in [-0.25, -0.2) is 4.98 Å². The molecule has 0 spiro atoms. The number of furan rings is 1. The summed E-state index contributed by atoms with van der Waals surface area (Å²) in [4.78, 5) is 16.9. The molecule has 0 aliphatic rings. The predicted octanol–water partition coefficient (Wildman–Crippen LogP) is 7.60. The van der Waals surface area contributed by atoms with Gasteiger partial charge in [0.1, 0.15) is 22.8 Å². The molecule has 0 aliphatic heterocycles. The van der Waals surface area contributed by atoms with Crippen LogP contribution in [0, 0.1) is 0 Å². The summed E-state index contributed by atoms with van der Waals surface area (Å²) in [5, 5.41) is 6.82. The molecule has 190 valence electrons. The number of nitrogens with zero attached hydrogens (tertiary/aromatic N) is 1. The van der Waals surface area contributed by atoms with Crippen molar-refractivity contribution in [2.75, 3.05) is 12.4 Å². The largest absolute Gasteiger partial charge is 0.495 e. The van der Waals surface area contributed by atoms with Crippen LogP contribution in [0.15, 0.2) is 87.7 Å². The second kappa shape index (κ2) is 11.1. The van der Waals surface area contributed by atoms with Crippen molar-refractivity contribution in [3.8, 4) is 28.5 Å². The van der Waals surface area contributed by atoms with Crippen molar-refractivity contribution in [3.05, 3.63) is 94.7 Å². The van der Waals surface area contributed by atoms with Gasteiger partial charge in [0, 0.05) is 27.9 Å². The molecular formula is C28H19Cl2N3O4S. The molecule has 0 bridgehead atoms. The van der Waals surface area contributed by atoms with Gasteiger partial charge in [-0.1, -0.05) is 23.2 Å². The predicted molar refractivity (Wildman–Crippen MR) is 154 cm³/mol. The first kappa shape index (κ1) is 25.5. The second-order valence-electron chi connectivity index (χ2n) is 8.04. The Labute approximate surface area is 233 Å². The number of anilines is 1. The van der Waals surface area contributed by atoms with E-state index in [0.29, 0.717) is 55.6 Å². The van der Waals surface area contributed by atoms with Crippen molar-refractivity contribution in [2.24, 2.45) is 0 Å². The highest BCUT2D eigenvalue weighted by Gasteiger charge is 2.12. The Kier molecular flexibility index (Phi) is 7.46. The van der Waals surface area contributed by atoms with Crippen LogP contribution in [0.25, 0.3) is 40.0 Å². The molecule has 0 atom stereocenters. The molecule has 5 aromatic rings. The lowest BCUT2D eigenvalue weighted by molar-refractivity contribution is -0.115. The van der Waals surface area contributed by atoms with Gasteiger partial charge in [-0.15, -0.1) is 0 Å². The smallest absolute Gasteiger partial charge is 0.250 e. The minimum absolute atomic E-state index is 0.131. The summed E-state index contributed by atoms with van der Waals surface area (Å²) in [6.07, 6.45) is 2.90. The van der Waals surface area contributed by atoms with E-state index in [2.05, 4.69) is 15.6 Å². The number of aromatic nitrogens is 1. The summed E-state index contributed by atoms with van der Waals surface area (Å²) in [6.45, 7) is 0. The molecule has 1 amide bonds. The van der Waals surface area contributed by atoms with Gasteiger partial charge in [0.2, 0.25) is 11.8 Å². The molecule has 10 heteroatoms. The molecule has 5 rings (SSSR count). The van der Waals surface area contributed by atoms with Crippen LogP contribution < -0.4 is 15.4 Å². The maximum atomic E-state index is 12.3. The second-order valence-corrected chi connectivity index (χ2v) is 9.29.